The van der Waals surface area contributed by atoms with Crippen LogP contribution in [0.3, 0.4) is 0 Å². The summed E-state index contributed by atoms with van der Waals surface area (Å²) in [4.78, 5) is 0. The molecule has 0 saturated carbocycles. The van der Waals surface area contributed by atoms with Gasteiger partial charge in [-0.1, -0.05) is 48.6 Å². The van der Waals surface area contributed by atoms with Gasteiger partial charge < -0.3 is 5.11 Å². The highest BCUT2D eigenvalue weighted by atomic mass is 19.4. The van der Waals surface area contributed by atoms with E-state index >= 15 is 0 Å². The molecular weight excluding hydrogens is 325 g/mol. The van der Waals surface area contributed by atoms with Crippen molar-refractivity contribution in [3.05, 3.63) is 76.9 Å². The molecule has 2 aromatic rings. The van der Waals surface area contributed by atoms with Gasteiger partial charge in [-0.25, -0.2) is 0 Å². The SMILES string of the molecule is Cc1cc(-c2ccccc2)cc2c1C1=C(C=CCC1)C2(O)C(F)(F)F. The van der Waals surface area contributed by atoms with Crippen LogP contribution in [0, 0.1) is 6.92 Å². The van der Waals surface area contributed by atoms with Crippen molar-refractivity contribution in [3.8, 4) is 11.1 Å². The van der Waals surface area contributed by atoms with E-state index in [0.29, 0.717) is 29.5 Å². The summed E-state index contributed by atoms with van der Waals surface area (Å²) < 4.78 is 41.8. The van der Waals surface area contributed by atoms with Crippen molar-refractivity contribution in [1.82, 2.24) is 0 Å². The van der Waals surface area contributed by atoms with Crippen molar-refractivity contribution in [1.29, 1.82) is 0 Å². The smallest absolute Gasteiger partial charge is 0.372 e. The number of hydrogen-bond acceptors (Lipinski definition) is 1. The van der Waals surface area contributed by atoms with Crippen molar-refractivity contribution in [2.75, 3.05) is 0 Å². The second kappa shape index (κ2) is 5.33. The summed E-state index contributed by atoms with van der Waals surface area (Å²) in [5, 5.41) is 10.8. The highest BCUT2D eigenvalue weighted by molar-refractivity contribution is 5.87. The quantitative estimate of drug-likeness (QED) is 0.722. The molecule has 1 N–H and O–H groups in total. The number of halogens is 3. The predicted molar refractivity (Wildman–Crippen MR) is 91.9 cm³/mol. The fourth-order valence-corrected chi connectivity index (χ4v) is 3.98. The number of aliphatic hydroxyl groups is 1. The molecule has 0 aromatic heterocycles. The molecule has 1 nitrogen and oxygen atoms in total. The zero-order valence-electron chi connectivity index (χ0n) is 13.7. The molecule has 2 aromatic carbocycles. The Labute approximate surface area is 144 Å². The highest BCUT2D eigenvalue weighted by Gasteiger charge is 2.61. The van der Waals surface area contributed by atoms with E-state index in [-0.39, 0.29) is 11.1 Å². The van der Waals surface area contributed by atoms with Gasteiger partial charge >= 0.3 is 6.18 Å². The van der Waals surface area contributed by atoms with Crippen LogP contribution in [-0.4, -0.2) is 11.3 Å². The first-order valence-electron chi connectivity index (χ1n) is 8.24. The molecule has 0 heterocycles. The number of aryl methyl sites for hydroxylation is 1. The van der Waals surface area contributed by atoms with Gasteiger partial charge in [0.05, 0.1) is 0 Å². The van der Waals surface area contributed by atoms with Crippen molar-refractivity contribution in [2.45, 2.75) is 31.5 Å². The van der Waals surface area contributed by atoms with Crippen molar-refractivity contribution >= 4 is 5.57 Å². The summed E-state index contributed by atoms with van der Waals surface area (Å²) in [6, 6.07) is 12.7. The van der Waals surface area contributed by atoms with Gasteiger partial charge in [0, 0.05) is 11.1 Å². The van der Waals surface area contributed by atoms with E-state index < -0.39 is 11.8 Å². The van der Waals surface area contributed by atoms with Gasteiger partial charge in [-0.2, -0.15) is 13.2 Å². The second-order valence-electron chi connectivity index (χ2n) is 6.62. The lowest BCUT2D eigenvalue weighted by molar-refractivity contribution is -0.247. The van der Waals surface area contributed by atoms with E-state index in [1.807, 2.05) is 43.3 Å². The van der Waals surface area contributed by atoms with Gasteiger partial charge in [-0.3, -0.25) is 0 Å². The maximum absolute atomic E-state index is 13.9. The summed E-state index contributed by atoms with van der Waals surface area (Å²) >= 11 is 0. The Morgan fingerprint density at radius 3 is 2.44 bits per heavy atom. The average molecular weight is 342 g/mol. The van der Waals surface area contributed by atoms with E-state index in [1.54, 1.807) is 6.08 Å². The number of alkyl halides is 3. The Balaban J connectivity index is 2.01. The lowest BCUT2D eigenvalue weighted by Crippen LogP contribution is -2.42. The zero-order valence-corrected chi connectivity index (χ0v) is 13.7. The van der Waals surface area contributed by atoms with E-state index in [1.165, 1.54) is 12.1 Å². The number of allylic oxidation sites excluding steroid dienone is 2. The van der Waals surface area contributed by atoms with Crippen LogP contribution in [0.2, 0.25) is 0 Å². The Hall–Kier alpha value is -2.33. The van der Waals surface area contributed by atoms with Gasteiger partial charge in [0.15, 0.2) is 0 Å². The zero-order chi connectivity index (χ0) is 17.8. The van der Waals surface area contributed by atoms with Crippen LogP contribution in [0.15, 0.2) is 60.2 Å². The standard InChI is InChI=1S/C21H17F3O/c1-13-11-15(14-7-3-2-4-8-14)12-18-19(13)16-9-5-6-10-17(16)20(18,25)21(22,23)24/h2-4,6-8,10-12,25H,5,9H2,1H3. The summed E-state index contributed by atoms with van der Waals surface area (Å²) in [6.45, 7) is 1.82. The molecule has 25 heavy (non-hydrogen) atoms. The maximum atomic E-state index is 13.9. The third-order valence-corrected chi connectivity index (χ3v) is 5.10. The topological polar surface area (TPSA) is 20.2 Å². The van der Waals surface area contributed by atoms with Crippen LogP contribution in [0.25, 0.3) is 16.7 Å². The first-order chi connectivity index (χ1) is 11.8. The van der Waals surface area contributed by atoms with E-state index in [0.717, 1.165) is 11.1 Å². The molecule has 0 bridgehead atoms. The van der Waals surface area contributed by atoms with Crippen molar-refractivity contribution in [3.63, 3.8) is 0 Å². The van der Waals surface area contributed by atoms with Crippen LogP contribution in [-0.2, 0) is 5.60 Å². The molecule has 0 amide bonds. The third-order valence-electron chi connectivity index (χ3n) is 5.10. The van der Waals surface area contributed by atoms with Crippen LogP contribution in [0.1, 0.15) is 29.5 Å². The molecule has 0 spiro atoms. The molecule has 128 valence electrons. The monoisotopic (exact) mass is 342 g/mol. The fraction of sp³-hybridized carbons (Fsp3) is 0.238. The summed E-state index contributed by atoms with van der Waals surface area (Å²) in [5.41, 5.74) is 0.448. The molecular formula is C21H17F3O. The fourth-order valence-electron chi connectivity index (χ4n) is 3.98. The lowest BCUT2D eigenvalue weighted by Gasteiger charge is -2.30. The van der Waals surface area contributed by atoms with Crippen molar-refractivity contribution < 1.29 is 18.3 Å². The number of fused-ring (bicyclic) bond motifs is 2. The first-order valence-corrected chi connectivity index (χ1v) is 8.24. The van der Waals surface area contributed by atoms with Gasteiger partial charge in [0.25, 0.3) is 0 Å². The Bertz CT molecular complexity index is 907. The molecule has 0 saturated heterocycles. The predicted octanol–water partition coefficient (Wildman–Crippen LogP) is 5.53. The van der Waals surface area contributed by atoms with E-state index in [4.69, 9.17) is 0 Å². The lowest BCUT2D eigenvalue weighted by atomic mass is 9.86. The van der Waals surface area contributed by atoms with Gasteiger partial charge in [0.2, 0.25) is 5.60 Å². The minimum atomic E-state index is -4.78. The molecule has 0 aliphatic heterocycles. The van der Waals surface area contributed by atoms with Gasteiger partial charge in [-0.05, 0) is 53.7 Å². The Morgan fingerprint density at radius 1 is 1.04 bits per heavy atom. The van der Waals surface area contributed by atoms with E-state index in [9.17, 15) is 18.3 Å². The maximum Gasteiger partial charge on any atom is 0.425 e. The van der Waals surface area contributed by atoms with E-state index in [2.05, 4.69) is 0 Å². The van der Waals surface area contributed by atoms with Crippen LogP contribution in [0.4, 0.5) is 13.2 Å². The van der Waals surface area contributed by atoms with Crippen LogP contribution < -0.4 is 0 Å². The second-order valence-corrected chi connectivity index (χ2v) is 6.62. The molecule has 4 heteroatoms. The van der Waals surface area contributed by atoms with Crippen LogP contribution in [0.5, 0.6) is 0 Å². The largest absolute Gasteiger partial charge is 0.425 e. The van der Waals surface area contributed by atoms with Gasteiger partial charge in [0.1, 0.15) is 0 Å². The summed E-state index contributed by atoms with van der Waals surface area (Å²) in [6.07, 6.45) is -0.431. The number of hydrogen-bond donors (Lipinski definition) is 1. The minimum Gasteiger partial charge on any atom is -0.372 e. The molecule has 0 fully saturated rings. The normalized spacial score (nSPS) is 22.1. The average Bonchev–Trinajstić information content (AvgIpc) is 2.87. The third kappa shape index (κ3) is 2.20. The number of benzene rings is 2. The molecule has 1 atom stereocenters. The Morgan fingerprint density at radius 2 is 1.76 bits per heavy atom. The summed E-state index contributed by atoms with van der Waals surface area (Å²) in [7, 11) is 0. The molecule has 2 aliphatic carbocycles. The summed E-state index contributed by atoms with van der Waals surface area (Å²) in [5.74, 6) is 0. The molecule has 2 aliphatic rings. The molecule has 0 radical (unpaired) electrons. The minimum absolute atomic E-state index is 0.0189. The highest BCUT2D eigenvalue weighted by Crippen LogP contribution is 2.57. The molecule has 4 rings (SSSR count). The number of rotatable bonds is 1. The molecule has 1 unspecified atom stereocenters. The first kappa shape index (κ1) is 16.2. The van der Waals surface area contributed by atoms with Gasteiger partial charge in [-0.15, -0.1) is 0 Å². The Kier molecular flexibility index (Phi) is 3.45. The van der Waals surface area contributed by atoms with Crippen molar-refractivity contribution in [2.24, 2.45) is 0 Å². The van der Waals surface area contributed by atoms with Crippen LogP contribution >= 0.6 is 0 Å².